The first kappa shape index (κ1) is 21.8. The summed E-state index contributed by atoms with van der Waals surface area (Å²) in [5.74, 6) is -3.08. The van der Waals surface area contributed by atoms with Gasteiger partial charge in [0.1, 0.15) is 6.04 Å². The Hall–Kier alpha value is -2.45. The molecule has 1 heterocycles. The van der Waals surface area contributed by atoms with Gasteiger partial charge in [-0.05, 0) is 47.5 Å². The SMILES string of the molecule is C[C@H](OC(=O)[C@H](C)N1C(=O)[C@H]2CCCC[C@@H]2C1=O)C(=O)NC(=O)NC(C)(C)C. The molecule has 1 saturated carbocycles. The van der Waals surface area contributed by atoms with E-state index in [9.17, 15) is 24.0 Å². The zero-order chi connectivity index (χ0) is 21.2. The fourth-order valence-corrected chi connectivity index (χ4v) is 3.59. The molecule has 0 bridgehead atoms. The summed E-state index contributed by atoms with van der Waals surface area (Å²) in [7, 11) is 0. The number of carbonyl (C=O) groups excluding carboxylic acids is 5. The van der Waals surface area contributed by atoms with E-state index >= 15 is 0 Å². The molecule has 1 aliphatic carbocycles. The first-order valence-corrected chi connectivity index (χ1v) is 9.63. The molecule has 0 aromatic rings. The fraction of sp³-hybridized carbons (Fsp3) is 0.737. The number of esters is 1. The van der Waals surface area contributed by atoms with Gasteiger partial charge in [-0.2, -0.15) is 0 Å². The molecule has 0 spiro atoms. The molecule has 0 unspecified atom stereocenters. The van der Waals surface area contributed by atoms with E-state index < -0.39 is 35.6 Å². The van der Waals surface area contributed by atoms with Crippen LogP contribution in [0, 0.1) is 11.8 Å². The van der Waals surface area contributed by atoms with Crippen LogP contribution in [0.15, 0.2) is 0 Å². The van der Waals surface area contributed by atoms with Gasteiger partial charge < -0.3 is 10.1 Å². The Kier molecular flexibility index (Phi) is 6.46. The topological polar surface area (TPSA) is 122 Å². The molecule has 9 nitrogen and oxygen atoms in total. The highest BCUT2D eigenvalue weighted by Crippen LogP contribution is 2.38. The van der Waals surface area contributed by atoms with Gasteiger partial charge in [0.15, 0.2) is 6.10 Å². The van der Waals surface area contributed by atoms with E-state index in [0.717, 1.165) is 17.7 Å². The normalized spacial score (nSPS) is 24.2. The molecular weight excluding hydrogens is 366 g/mol. The number of hydrogen-bond acceptors (Lipinski definition) is 6. The van der Waals surface area contributed by atoms with Crippen molar-refractivity contribution in [1.29, 1.82) is 0 Å². The lowest BCUT2D eigenvalue weighted by Gasteiger charge is -2.24. The zero-order valence-electron chi connectivity index (χ0n) is 17.0. The molecule has 28 heavy (non-hydrogen) atoms. The van der Waals surface area contributed by atoms with E-state index in [1.54, 1.807) is 20.8 Å². The highest BCUT2D eigenvalue weighted by Gasteiger charge is 2.51. The van der Waals surface area contributed by atoms with Crippen LogP contribution in [0.5, 0.6) is 0 Å². The Morgan fingerprint density at radius 3 is 2.00 bits per heavy atom. The lowest BCUT2D eigenvalue weighted by atomic mass is 9.81. The quantitative estimate of drug-likeness (QED) is 0.543. The number of imide groups is 2. The average Bonchev–Trinajstić information content (AvgIpc) is 2.83. The Labute approximate surface area is 164 Å². The van der Waals surface area contributed by atoms with Crippen LogP contribution >= 0.6 is 0 Å². The number of nitrogens with zero attached hydrogens (tertiary/aromatic N) is 1. The molecule has 2 fully saturated rings. The standard InChI is InChI=1S/C19H29N3O6/c1-10(22-15(24)12-8-6-7-9-13(12)16(22)25)17(26)28-11(2)14(23)20-18(27)21-19(3,4)5/h10-13H,6-9H2,1-5H3,(H2,20,21,23,27)/t10-,11-,12-,13-/m0/s1. The number of amides is 5. The van der Waals surface area contributed by atoms with Gasteiger partial charge in [0.2, 0.25) is 11.8 Å². The molecule has 1 aliphatic heterocycles. The van der Waals surface area contributed by atoms with Crippen LogP contribution < -0.4 is 10.6 Å². The second kappa shape index (κ2) is 8.28. The molecule has 2 rings (SSSR count). The fourth-order valence-electron chi connectivity index (χ4n) is 3.59. The van der Waals surface area contributed by atoms with E-state index in [1.807, 2.05) is 0 Å². The minimum absolute atomic E-state index is 0.346. The van der Waals surface area contributed by atoms with Crippen molar-refractivity contribution in [2.45, 2.75) is 78.0 Å². The van der Waals surface area contributed by atoms with Gasteiger partial charge in [-0.25, -0.2) is 9.59 Å². The third-order valence-corrected chi connectivity index (χ3v) is 4.99. The van der Waals surface area contributed by atoms with Gasteiger partial charge in [0, 0.05) is 5.54 Å². The highest BCUT2D eigenvalue weighted by atomic mass is 16.5. The van der Waals surface area contributed by atoms with Crippen molar-refractivity contribution in [1.82, 2.24) is 15.5 Å². The van der Waals surface area contributed by atoms with E-state index in [2.05, 4.69) is 10.6 Å². The number of fused-ring (bicyclic) bond motifs is 1. The molecule has 2 aliphatic rings. The smallest absolute Gasteiger partial charge is 0.329 e. The maximum Gasteiger partial charge on any atom is 0.329 e. The van der Waals surface area contributed by atoms with Crippen molar-refractivity contribution in [3.63, 3.8) is 0 Å². The van der Waals surface area contributed by atoms with Crippen molar-refractivity contribution in [3.05, 3.63) is 0 Å². The van der Waals surface area contributed by atoms with Crippen LogP contribution in [0.1, 0.15) is 60.3 Å². The maximum atomic E-state index is 12.6. The first-order valence-electron chi connectivity index (χ1n) is 9.63. The van der Waals surface area contributed by atoms with Crippen LogP contribution in [0.4, 0.5) is 4.79 Å². The van der Waals surface area contributed by atoms with Crippen molar-refractivity contribution < 1.29 is 28.7 Å². The number of hydrogen-bond donors (Lipinski definition) is 2. The van der Waals surface area contributed by atoms with Crippen LogP contribution in [0.2, 0.25) is 0 Å². The summed E-state index contributed by atoms with van der Waals surface area (Å²) < 4.78 is 5.09. The summed E-state index contributed by atoms with van der Waals surface area (Å²) in [6.45, 7) is 7.99. The summed E-state index contributed by atoms with van der Waals surface area (Å²) in [4.78, 5) is 62.3. The molecule has 4 atom stereocenters. The molecule has 2 N–H and O–H groups in total. The molecule has 9 heteroatoms. The van der Waals surface area contributed by atoms with Gasteiger partial charge in [-0.1, -0.05) is 12.8 Å². The van der Waals surface area contributed by atoms with Gasteiger partial charge in [-0.3, -0.25) is 24.6 Å². The lowest BCUT2D eigenvalue weighted by Crippen LogP contribution is -2.51. The molecule has 0 radical (unpaired) electrons. The largest absolute Gasteiger partial charge is 0.451 e. The van der Waals surface area contributed by atoms with Crippen molar-refractivity contribution in [2.75, 3.05) is 0 Å². The van der Waals surface area contributed by atoms with Crippen molar-refractivity contribution >= 4 is 29.7 Å². The third-order valence-electron chi connectivity index (χ3n) is 4.99. The molecular formula is C19H29N3O6. The Morgan fingerprint density at radius 2 is 1.54 bits per heavy atom. The number of likely N-dealkylation sites (tertiary alicyclic amines) is 1. The van der Waals surface area contributed by atoms with Crippen molar-refractivity contribution in [2.24, 2.45) is 11.8 Å². The van der Waals surface area contributed by atoms with Crippen molar-refractivity contribution in [3.8, 4) is 0 Å². The summed E-state index contributed by atoms with van der Waals surface area (Å²) in [6.07, 6.45) is 1.82. The van der Waals surface area contributed by atoms with Gasteiger partial charge in [-0.15, -0.1) is 0 Å². The number of nitrogens with one attached hydrogen (secondary N) is 2. The second-order valence-corrected chi connectivity index (χ2v) is 8.49. The highest BCUT2D eigenvalue weighted by molar-refractivity contribution is 6.08. The van der Waals surface area contributed by atoms with Gasteiger partial charge in [0.05, 0.1) is 11.8 Å². The monoisotopic (exact) mass is 395 g/mol. The summed E-state index contributed by atoms with van der Waals surface area (Å²) in [5.41, 5.74) is -0.536. The second-order valence-electron chi connectivity index (χ2n) is 8.49. The number of urea groups is 1. The van der Waals surface area contributed by atoms with E-state index in [4.69, 9.17) is 4.74 Å². The molecule has 5 amide bonds. The Morgan fingerprint density at radius 1 is 1.04 bits per heavy atom. The Bertz CT molecular complexity index is 660. The summed E-state index contributed by atoms with van der Waals surface area (Å²) in [6, 6.07) is -1.83. The van der Waals surface area contributed by atoms with Crippen LogP contribution in [-0.4, -0.2) is 52.3 Å². The van der Waals surface area contributed by atoms with Gasteiger partial charge in [0.25, 0.3) is 5.91 Å². The molecule has 0 aromatic heterocycles. The number of ether oxygens (including phenoxy) is 1. The average molecular weight is 395 g/mol. The summed E-state index contributed by atoms with van der Waals surface area (Å²) >= 11 is 0. The van der Waals surface area contributed by atoms with Gasteiger partial charge >= 0.3 is 12.0 Å². The zero-order valence-corrected chi connectivity index (χ0v) is 17.0. The minimum atomic E-state index is -1.25. The molecule has 156 valence electrons. The van der Waals surface area contributed by atoms with E-state index in [-0.39, 0.29) is 23.7 Å². The molecule has 0 aromatic carbocycles. The molecule has 1 saturated heterocycles. The number of carbonyl (C=O) groups is 5. The number of rotatable bonds is 4. The maximum absolute atomic E-state index is 12.6. The predicted octanol–water partition coefficient (Wildman–Crippen LogP) is 1.11. The minimum Gasteiger partial charge on any atom is -0.451 e. The lowest BCUT2D eigenvalue weighted by molar-refractivity contribution is -0.163. The van der Waals surface area contributed by atoms with E-state index in [0.29, 0.717) is 12.8 Å². The predicted molar refractivity (Wildman–Crippen MR) is 98.7 cm³/mol. The Balaban J connectivity index is 1.94. The first-order chi connectivity index (χ1) is 12.9. The van der Waals surface area contributed by atoms with Crippen LogP contribution in [0.3, 0.4) is 0 Å². The van der Waals surface area contributed by atoms with E-state index in [1.165, 1.54) is 13.8 Å². The van der Waals surface area contributed by atoms with Crippen LogP contribution in [-0.2, 0) is 23.9 Å². The van der Waals surface area contributed by atoms with Crippen LogP contribution in [0.25, 0.3) is 0 Å². The third kappa shape index (κ3) is 4.88. The summed E-state index contributed by atoms with van der Waals surface area (Å²) in [5, 5.41) is 4.65.